The van der Waals surface area contributed by atoms with Crippen molar-refractivity contribution >= 4 is 17.2 Å². The van der Waals surface area contributed by atoms with Crippen molar-refractivity contribution in [1.29, 1.82) is 0 Å². The number of aromatic nitrogens is 4. The number of benzene rings is 1. The maximum absolute atomic E-state index is 13.9. The fraction of sp³-hybridized carbons (Fsp3) is 0.150. The minimum atomic E-state index is -0.307. The van der Waals surface area contributed by atoms with E-state index in [0.29, 0.717) is 35.0 Å². The quantitative estimate of drug-likeness (QED) is 0.488. The summed E-state index contributed by atoms with van der Waals surface area (Å²) >= 11 is 1.32. The fourth-order valence-corrected chi connectivity index (χ4v) is 3.41. The predicted molar refractivity (Wildman–Crippen MR) is 104 cm³/mol. The zero-order valence-electron chi connectivity index (χ0n) is 15.2. The first-order chi connectivity index (χ1) is 14.2. The summed E-state index contributed by atoms with van der Waals surface area (Å²) in [6.45, 7) is 0.307. The molecule has 4 rings (SSSR count). The highest BCUT2D eigenvalue weighted by atomic mass is 32.1. The topological polar surface area (TPSA) is 86.2 Å². The van der Waals surface area contributed by atoms with Gasteiger partial charge in [0.25, 0.3) is 0 Å². The van der Waals surface area contributed by atoms with E-state index in [4.69, 9.17) is 4.52 Å². The summed E-state index contributed by atoms with van der Waals surface area (Å²) < 4.78 is 20.8. The molecule has 0 aliphatic rings. The van der Waals surface area contributed by atoms with E-state index < -0.39 is 0 Å². The highest BCUT2D eigenvalue weighted by Crippen LogP contribution is 2.14. The lowest BCUT2D eigenvalue weighted by Crippen LogP contribution is -2.17. The van der Waals surface area contributed by atoms with Crippen molar-refractivity contribution in [1.82, 2.24) is 19.7 Å². The number of pyridine rings is 1. The third-order valence-electron chi connectivity index (χ3n) is 4.14. The second-order valence-electron chi connectivity index (χ2n) is 6.16. The Kier molecular flexibility index (Phi) is 5.66. The van der Waals surface area contributed by atoms with Crippen LogP contribution in [0.1, 0.15) is 17.9 Å². The van der Waals surface area contributed by atoms with Crippen molar-refractivity contribution in [2.75, 3.05) is 0 Å². The van der Waals surface area contributed by atoms with E-state index in [1.807, 2.05) is 5.38 Å². The number of rotatable bonds is 6. The molecule has 146 valence electrons. The van der Waals surface area contributed by atoms with Crippen molar-refractivity contribution in [3.05, 3.63) is 82.4 Å². The zero-order valence-corrected chi connectivity index (χ0v) is 16.1. The van der Waals surface area contributed by atoms with E-state index in [0.717, 1.165) is 5.56 Å². The molecule has 0 saturated carbocycles. The summed E-state index contributed by atoms with van der Waals surface area (Å²) in [5.41, 5.74) is 1.33. The maximum Gasteiger partial charge on any atom is 0.248 e. The number of carbonyl (C=O) groups excluding carboxylic acids is 1. The third kappa shape index (κ3) is 4.69. The molecular weight excluding hydrogens is 393 g/mol. The van der Waals surface area contributed by atoms with Gasteiger partial charge in [0.05, 0.1) is 6.54 Å². The van der Waals surface area contributed by atoms with E-state index in [1.54, 1.807) is 53.5 Å². The Morgan fingerprint density at radius 1 is 1.21 bits per heavy atom. The lowest BCUT2D eigenvalue weighted by atomic mass is 10.2. The Labute approximate surface area is 169 Å². The van der Waals surface area contributed by atoms with Gasteiger partial charge in [0, 0.05) is 47.9 Å². The predicted octanol–water partition coefficient (Wildman–Crippen LogP) is 3.24. The van der Waals surface area contributed by atoms with Gasteiger partial charge in [-0.3, -0.25) is 9.78 Å². The van der Waals surface area contributed by atoms with Gasteiger partial charge in [-0.15, -0.1) is 11.3 Å². The average Bonchev–Trinajstić information content (AvgIpc) is 3.39. The second kappa shape index (κ2) is 8.70. The van der Waals surface area contributed by atoms with Gasteiger partial charge in [0.1, 0.15) is 5.82 Å². The average molecular weight is 409 g/mol. The summed E-state index contributed by atoms with van der Waals surface area (Å²) in [5, 5.41) is 5.73. The maximum atomic E-state index is 13.9. The van der Waals surface area contributed by atoms with Crippen molar-refractivity contribution in [2.45, 2.75) is 19.4 Å². The molecule has 3 heterocycles. The van der Waals surface area contributed by atoms with Crippen LogP contribution in [0.25, 0.3) is 11.4 Å². The van der Waals surface area contributed by atoms with E-state index >= 15 is 0 Å². The Hall–Kier alpha value is -3.46. The van der Waals surface area contributed by atoms with Gasteiger partial charge in [-0.2, -0.15) is 9.98 Å². The molecule has 4 aromatic rings. The molecule has 9 heteroatoms. The van der Waals surface area contributed by atoms with Crippen LogP contribution in [0.3, 0.4) is 0 Å². The summed E-state index contributed by atoms with van der Waals surface area (Å²) in [5.74, 6) is 0.224. The molecule has 0 spiro atoms. The molecule has 0 fully saturated rings. The van der Waals surface area contributed by atoms with Crippen molar-refractivity contribution in [3.63, 3.8) is 0 Å². The van der Waals surface area contributed by atoms with E-state index in [9.17, 15) is 9.18 Å². The van der Waals surface area contributed by atoms with E-state index in [-0.39, 0.29) is 18.1 Å². The minimum Gasteiger partial charge on any atom is -0.339 e. The van der Waals surface area contributed by atoms with Gasteiger partial charge in [0.15, 0.2) is 4.80 Å². The van der Waals surface area contributed by atoms with Crippen LogP contribution in [0, 0.1) is 5.82 Å². The standard InChI is InChI=1S/C20H16FN5O2S/c21-16-4-2-1-3-15(16)13-26-11-12-29-20(26)23-17(27)5-6-18-24-19(25-28-18)14-7-9-22-10-8-14/h1-4,7-12H,5-6,13H2. The third-order valence-corrected chi connectivity index (χ3v) is 4.93. The molecule has 0 aliphatic carbocycles. The van der Waals surface area contributed by atoms with Crippen LogP contribution in [0.15, 0.2) is 69.9 Å². The molecule has 0 atom stereocenters. The Balaban J connectivity index is 1.42. The molecule has 0 bridgehead atoms. The number of carbonyl (C=O) groups is 1. The molecule has 3 aromatic heterocycles. The number of hydrogen-bond acceptors (Lipinski definition) is 6. The second-order valence-corrected chi connectivity index (χ2v) is 7.03. The number of nitrogens with zero attached hydrogens (tertiary/aromatic N) is 5. The monoisotopic (exact) mass is 409 g/mol. The first-order valence-corrected chi connectivity index (χ1v) is 9.75. The summed E-state index contributed by atoms with van der Waals surface area (Å²) in [7, 11) is 0. The van der Waals surface area contributed by atoms with Crippen LogP contribution in [-0.2, 0) is 17.8 Å². The summed E-state index contributed by atoms with van der Waals surface area (Å²) in [4.78, 5) is 25.2. The first kappa shape index (κ1) is 18.9. The van der Waals surface area contributed by atoms with Gasteiger partial charge in [-0.05, 0) is 18.2 Å². The van der Waals surface area contributed by atoms with Crippen LogP contribution < -0.4 is 4.80 Å². The minimum absolute atomic E-state index is 0.135. The highest BCUT2D eigenvalue weighted by molar-refractivity contribution is 7.07. The Morgan fingerprint density at radius 2 is 2.03 bits per heavy atom. The van der Waals surface area contributed by atoms with Crippen LogP contribution in [0.4, 0.5) is 4.39 Å². The van der Waals surface area contributed by atoms with E-state index in [1.165, 1.54) is 17.4 Å². The lowest BCUT2D eigenvalue weighted by Gasteiger charge is -2.04. The number of halogens is 1. The van der Waals surface area contributed by atoms with E-state index in [2.05, 4.69) is 20.1 Å². The molecular formula is C20H16FN5O2S. The molecule has 0 unspecified atom stereocenters. The van der Waals surface area contributed by atoms with Crippen LogP contribution >= 0.6 is 11.3 Å². The van der Waals surface area contributed by atoms with Crippen LogP contribution in [0.5, 0.6) is 0 Å². The van der Waals surface area contributed by atoms with Crippen molar-refractivity contribution < 1.29 is 13.7 Å². The highest BCUT2D eigenvalue weighted by Gasteiger charge is 2.11. The number of amides is 1. The molecule has 1 aromatic carbocycles. The molecule has 0 aliphatic heterocycles. The smallest absolute Gasteiger partial charge is 0.248 e. The molecule has 0 N–H and O–H groups in total. The number of aryl methyl sites for hydroxylation is 1. The molecule has 1 amide bonds. The molecule has 0 saturated heterocycles. The van der Waals surface area contributed by atoms with Crippen LogP contribution in [-0.4, -0.2) is 25.6 Å². The zero-order chi connectivity index (χ0) is 20.1. The van der Waals surface area contributed by atoms with Crippen molar-refractivity contribution in [3.8, 4) is 11.4 Å². The normalized spacial score (nSPS) is 11.7. The molecule has 7 nitrogen and oxygen atoms in total. The van der Waals surface area contributed by atoms with Gasteiger partial charge >= 0.3 is 0 Å². The molecule has 0 radical (unpaired) electrons. The Bertz CT molecular complexity index is 1180. The van der Waals surface area contributed by atoms with Crippen molar-refractivity contribution in [2.24, 2.45) is 4.99 Å². The summed E-state index contributed by atoms with van der Waals surface area (Å²) in [6.07, 6.45) is 5.49. The largest absolute Gasteiger partial charge is 0.339 e. The first-order valence-electron chi connectivity index (χ1n) is 8.87. The van der Waals surface area contributed by atoms with Gasteiger partial charge in [0.2, 0.25) is 17.6 Å². The lowest BCUT2D eigenvalue weighted by molar-refractivity contribution is -0.118. The SMILES string of the molecule is O=C(CCc1nc(-c2ccncc2)no1)N=c1sccn1Cc1ccccc1F. The van der Waals surface area contributed by atoms with Gasteiger partial charge in [-0.1, -0.05) is 23.4 Å². The fourth-order valence-electron chi connectivity index (χ4n) is 2.67. The van der Waals surface area contributed by atoms with Gasteiger partial charge < -0.3 is 9.09 Å². The van der Waals surface area contributed by atoms with Crippen LogP contribution in [0.2, 0.25) is 0 Å². The van der Waals surface area contributed by atoms with Gasteiger partial charge in [-0.25, -0.2) is 4.39 Å². The number of thiazole rings is 1. The Morgan fingerprint density at radius 3 is 2.86 bits per heavy atom. The number of hydrogen-bond donors (Lipinski definition) is 0. The molecule has 29 heavy (non-hydrogen) atoms. The summed E-state index contributed by atoms with van der Waals surface area (Å²) in [6, 6.07) is 10.1.